The lowest BCUT2D eigenvalue weighted by Gasteiger charge is -1.89. The van der Waals surface area contributed by atoms with Crippen molar-refractivity contribution in [2.45, 2.75) is 0 Å². The normalized spacial score (nSPS) is 7.67. The molecule has 0 aliphatic heterocycles. The Kier molecular flexibility index (Phi) is 3.35. The summed E-state index contributed by atoms with van der Waals surface area (Å²) < 4.78 is 11.5. The zero-order valence-corrected chi connectivity index (χ0v) is 4.67. The van der Waals surface area contributed by atoms with Gasteiger partial charge in [-0.25, -0.2) is 5.54 Å². The number of benzene rings is 1. The quantitative estimate of drug-likeness (QED) is 0.576. The van der Waals surface area contributed by atoms with Crippen LogP contribution >= 0.6 is 0 Å². The van der Waals surface area contributed by atoms with E-state index in [0.717, 1.165) is 0 Å². The lowest BCUT2D eigenvalue weighted by Crippen LogP contribution is -1.77. The molecule has 0 aliphatic rings. The van der Waals surface area contributed by atoms with E-state index in [2.05, 4.69) is 0 Å². The van der Waals surface area contributed by atoms with E-state index in [-0.39, 0.29) is 4.70 Å². The Morgan fingerprint density at radius 1 is 1.11 bits per heavy atom. The molecule has 0 bridgehead atoms. The van der Waals surface area contributed by atoms with Gasteiger partial charge in [0.2, 0.25) is 0 Å². The second-order valence-electron chi connectivity index (χ2n) is 1.46. The van der Waals surface area contributed by atoms with E-state index in [1.165, 1.54) is 5.54 Å². The second-order valence-corrected chi connectivity index (χ2v) is 1.46. The number of halogens is 2. The van der Waals surface area contributed by atoms with Crippen molar-refractivity contribution in [1.29, 1.82) is 0 Å². The summed E-state index contributed by atoms with van der Waals surface area (Å²) in [5, 5.41) is 0. The summed E-state index contributed by atoms with van der Waals surface area (Å²) in [4.78, 5) is 0. The fraction of sp³-hybridized carbons (Fsp3) is 0. The molecule has 0 aliphatic carbocycles. The van der Waals surface area contributed by atoms with E-state index in [9.17, 15) is 4.48 Å². The zero-order chi connectivity index (χ0) is 5.82. The summed E-state index contributed by atoms with van der Waals surface area (Å²) in [5.74, 6) is 0. The molecular weight excluding hydrogens is 124 g/mol. The second kappa shape index (κ2) is 3.83. The number of hydrogen-bond donors (Lipinski definition) is 1. The predicted octanol–water partition coefficient (Wildman–Crippen LogP) is 2.14. The number of para-hydroxylation sites is 1. The van der Waals surface area contributed by atoms with Gasteiger partial charge in [0.15, 0.2) is 0 Å². The molecule has 9 heavy (non-hydrogen) atoms. The van der Waals surface area contributed by atoms with E-state index in [0.29, 0.717) is 5.69 Å². The summed E-state index contributed by atoms with van der Waals surface area (Å²) in [7, 11) is 0. The van der Waals surface area contributed by atoms with Crippen molar-refractivity contribution >= 4 is 5.69 Å². The highest BCUT2D eigenvalue weighted by Gasteiger charge is 1.80. The topological polar surface area (TPSA) is 12.0 Å². The van der Waals surface area contributed by atoms with Crippen LogP contribution in [0.25, 0.3) is 0 Å². The molecule has 1 N–H and O–H groups in total. The van der Waals surface area contributed by atoms with Crippen LogP contribution in [0.15, 0.2) is 30.3 Å². The van der Waals surface area contributed by atoms with Crippen LogP contribution < -0.4 is 5.54 Å². The number of hydrogen-bond acceptors (Lipinski definition) is 1. The van der Waals surface area contributed by atoms with Crippen LogP contribution in [-0.4, -0.2) is 0 Å². The van der Waals surface area contributed by atoms with Crippen LogP contribution in [0.5, 0.6) is 0 Å². The zero-order valence-electron chi connectivity index (χ0n) is 4.67. The molecule has 3 heteroatoms. The van der Waals surface area contributed by atoms with Crippen LogP contribution in [-0.2, 0) is 0 Å². The van der Waals surface area contributed by atoms with Gasteiger partial charge in [-0.3, -0.25) is 4.70 Å². The monoisotopic (exact) mass is 131 g/mol. The fourth-order valence-electron chi connectivity index (χ4n) is 0.501. The number of anilines is 1. The van der Waals surface area contributed by atoms with Crippen molar-refractivity contribution in [3.63, 3.8) is 0 Å². The molecule has 1 rings (SSSR count). The Balaban J connectivity index is 0.000000640. The first-order chi connectivity index (χ1) is 3.93. The van der Waals surface area contributed by atoms with Crippen molar-refractivity contribution < 1.29 is 9.19 Å². The Labute approximate surface area is 51.8 Å². The molecule has 0 heterocycles. The molecule has 0 saturated carbocycles. The van der Waals surface area contributed by atoms with Crippen LogP contribution in [0.3, 0.4) is 0 Å². The number of nitrogens with one attached hydrogen (secondary N) is 1. The minimum atomic E-state index is 0. The van der Waals surface area contributed by atoms with Crippen molar-refractivity contribution in [2.24, 2.45) is 0 Å². The predicted molar refractivity (Wildman–Crippen MR) is 33.7 cm³/mol. The van der Waals surface area contributed by atoms with Crippen LogP contribution in [0.2, 0.25) is 0 Å². The highest BCUT2D eigenvalue weighted by atomic mass is 19.2. The molecule has 50 valence electrons. The Hall–Kier alpha value is -1.12. The van der Waals surface area contributed by atoms with E-state index < -0.39 is 0 Å². The maximum Gasteiger partial charge on any atom is 0.0655 e. The third kappa shape index (κ3) is 2.08. The largest absolute Gasteiger partial charge is 0.269 e. The molecular formula is C6H7F2N. The Bertz CT molecular complexity index is 152. The van der Waals surface area contributed by atoms with Gasteiger partial charge in [0.25, 0.3) is 0 Å². The average Bonchev–Trinajstić information content (AvgIpc) is 1.90. The fourth-order valence-corrected chi connectivity index (χ4v) is 0.501. The van der Waals surface area contributed by atoms with E-state index in [1.54, 1.807) is 24.3 Å². The summed E-state index contributed by atoms with van der Waals surface area (Å²) in [6.45, 7) is 0. The highest BCUT2D eigenvalue weighted by Crippen LogP contribution is 2.03. The molecule has 0 atom stereocenters. The highest BCUT2D eigenvalue weighted by molar-refractivity contribution is 5.39. The summed E-state index contributed by atoms with van der Waals surface area (Å²) in [5.41, 5.74) is 2.02. The van der Waals surface area contributed by atoms with Crippen LogP contribution in [0.4, 0.5) is 14.9 Å². The molecule has 0 unspecified atom stereocenters. The van der Waals surface area contributed by atoms with E-state index in [1.807, 2.05) is 6.07 Å². The first-order valence-electron chi connectivity index (χ1n) is 2.35. The maximum absolute atomic E-state index is 11.5. The smallest absolute Gasteiger partial charge is 0.0655 e. The average molecular weight is 131 g/mol. The molecule has 0 spiro atoms. The molecule has 0 fully saturated rings. The molecule has 1 aromatic rings. The lowest BCUT2D eigenvalue weighted by atomic mass is 10.3. The third-order valence-corrected chi connectivity index (χ3v) is 0.883. The van der Waals surface area contributed by atoms with Crippen molar-refractivity contribution in [1.82, 2.24) is 0 Å². The first kappa shape index (κ1) is 7.88. The van der Waals surface area contributed by atoms with Crippen LogP contribution in [0, 0.1) is 0 Å². The Morgan fingerprint density at radius 2 is 1.67 bits per heavy atom. The van der Waals surface area contributed by atoms with Gasteiger partial charge in [0.1, 0.15) is 0 Å². The summed E-state index contributed by atoms with van der Waals surface area (Å²) in [6.07, 6.45) is 0. The van der Waals surface area contributed by atoms with Crippen molar-refractivity contribution in [3.05, 3.63) is 30.3 Å². The summed E-state index contributed by atoms with van der Waals surface area (Å²) in [6, 6.07) is 8.67. The summed E-state index contributed by atoms with van der Waals surface area (Å²) >= 11 is 0. The van der Waals surface area contributed by atoms with Gasteiger partial charge in [-0.15, -0.1) is 4.48 Å². The lowest BCUT2D eigenvalue weighted by molar-refractivity contribution is 0.618. The number of rotatable bonds is 1. The Morgan fingerprint density at radius 3 is 2.00 bits per heavy atom. The van der Waals surface area contributed by atoms with E-state index in [4.69, 9.17) is 0 Å². The van der Waals surface area contributed by atoms with Crippen LogP contribution in [0.1, 0.15) is 0 Å². The molecule has 0 saturated heterocycles. The van der Waals surface area contributed by atoms with Gasteiger partial charge in [0, 0.05) is 0 Å². The van der Waals surface area contributed by atoms with Gasteiger partial charge >= 0.3 is 0 Å². The maximum atomic E-state index is 11.5. The first-order valence-corrected chi connectivity index (χ1v) is 2.35. The third-order valence-electron chi connectivity index (χ3n) is 0.883. The molecule has 0 amide bonds. The van der Waals surface area contributed by atoms with Gasteiger partial charge < -0.3 is 0 Å². The molecule has 1 aromatic carbocycles. The molecule has 0 aromatic heterocycles. The minimum absolute atomic E-state index is 0. The van der Waals surface area contributed by atoms with Gasteiger partial charge in [0.05, 0.1) is 5.69 Å². The standard InChI is InChI=1S/C6H6FN.FH/c7-8-6-4-2-1-3-5-6;/h1-5,8H;1H. The van der Waals surface area contributed by atoms with E-state index >= 15 is 0 Å². The van der Waals surface area contributed by atoms with Gasteiger partial charge in [-0.1, -0.05) is 18.2 Å². The van der Waals surface area contributed by atoms with Crippen molar-refractivity contribution in [3.8, 4) is 0 Å². The van der Waals surface area contributed by atoms with Crippen molar-refractivity contribution in [2.75, 3.05) is 5.54 Å². The minimum Gasteiger partial charge on any atom is -0.269 e. The van der Waals surface area contributed by atoms with Gasteiger partial charge in [-0.05, 0) is 12.1 Å². The SMILES string of the molecule is F.FNc1ccccc1. The molecule has 1 nitrogen and oxygen atoms in total. The van der Waals surface area contributed by atoms with Gasteiger partial charge in [-0.2, -0.15) is 0 Å². The molecule has 0 radical (unpaired) electrons.